The summed E-state index contributed by atoms with van der Waals surface area (Å²) in [5, 5.41) is 0. The molecule has 2 fully saturated rings. The molecule has 0 spiro atoms. The van der Waals surface area contributed by atoms with Crippen LogP contribution in [0.1, 0.15) is 50.4 Å². The molecule has 0 aromatic heterocycles. The number of benzene rings is 3. The van der Waals surface area contributed by atoms with Crippen LogP contribution in [-0.2, 0) is 19.0 Å². The highest BCUT2D eigenvalue weighted by Gasteiger charge is 2.36. The molecule has 0 radical (unpaired) electrons. The molecule has 3 unspecified atom stereocenters. The molecule has 0 N–H and O–H groups in total. The van der Waals surface area contributed by atoms with E-state index in [0.717, 1.165) is 30.6 Å². The number of hydrogen-bond acceptors (Lipinski definition) is 7. The first-order valence-electron chi connectivity index (χ1n) is 15.8. The molecule has 1 heterocycles. The number of carbonyl (C=O) groups is 2. The van der Waals surface area contributed by atoms with E-state index in [1.54, 1.807) is 37.5 Å². The largest absolute Gasteiger partial charge is 0.458 e. The molecule has 236 valence electrons. The van der Waals surface area contributed by atoms with E-state index in [2.05, 4.69) is 25.7 Å². The Morgan fingerprint density at radius 1 is 1.00 bits per heavy atom. The van der Waals surface area contributed by atoms with E-state index in [1.165, 1.54) is 4.90 Å². The quantitative estimate of drug-likeness (QED) is 0.165. The van der Waals surface area contributed by atoms with Crippen LogP contribution in [0, 0.1) is 17.8 Å². The standard InChI is InChI=1S/C37H43N3O5/c1-26(2)30-20-19-27(3)25-34(30)44-36(42)31-17-11-12-18-32(31)38-37-40(23-24-43-4)35(41)33(45-37)21-22-39(28-13-7-5-8-14-28)29-15-9-6-10-16-29/h5-18,21,26-27,30,34H,19-20,22-25H2,1-4H3/b33-21+,38-37?. The van der Waals surface area contributed by atoms with Gasteiger partial charge >= 0.3 is 12.0 Å². The lowest BCUT2D eigenvalue weighted by Crippen LogP contribution is -2.36. The van der Waals surface area contributed by atoms with Crippen molar-refractivity contribution in [1.29, 1.82) is 0 Å². The van der Waals surface area contributed by atoms with Crippen molar-refractivity contribution < 1.29 is 23.8 Å². The SMILES string of the molecule is COCCN1C(=O)/C(=C\CN(c2ccccc2)c2ccccc2)OC1=Nc1ccccc1C(=O)OC1CC(C)CCC1C(C)C. The first-order chi connectivity index (χ1) is 21.9. The Morgan fingerprint density at radius 3 is 2.29 bits per heavy atom. The van der Waals surface area contributed by atoms with Crippen LogP contribution in [-0.4, -0.2) is 55.7 Å². The molecule has 3 aromatic rings. The lowest BCUT2D eigenvalue weighted by atomic mass is 9.75. The van der Waals surface area contributed by atoms with E-state index in [9.17, 15) is 9.59 Å². The maximum absolute atomic E-state index is 13.6. The second-order valence-corrected chi connectivity index (χ2v) is 12.1. The summed E-state index contributed by atoms with van der Waals surface area (Å²) in [5.74, 6) is 0.682. The maximum Gasteiger partial charge on any atom is 0.340 e. The van der Waals surface area contributed by atoms with Crippen LogP contribution in [0.3, 0.4) is 0 Å². The van der Waals surface area contributed by atoms with Gasteiger partial charge in [0, 0.05) is 25.0 Å². The van der Waals surface area contributed by atoms with E-state index >= 15 is 0 Å². The molecule has 1 amide bonds. The van der Waals surface area contributed by atoms with Crippen molar-refractivity contribution in [3.63, 3.8) is 0 Å². The van der Waals surface area contributed by atoms with Gasteiger partial charge in [-0.1, -0.05) is 75.7 Å². The first-order valence-corrected chi connectivity index (χ1v) is 15.8. The number of amidine groups is 1. The number of ether oxygens (including phenoxy) is 3. The number of anilines is 2. The molecule has 1 saturated heterocycles. The molecule has 0 bridgehead atoms. The topological polar surface area (TPSA) is 80.7 Å². The molecule has 8 heteroatoms. The highest BCUT2D eigenvalue weighted by Crippen LogP contribution is 2.36. The summed E-state index contributed by atoms with van der Waals surface area (Å²) in [4.78, 5) is 35.4. The van der Waals surface area contributed by atoms with Crippen LogP contribution in [0.4, 0.5) is 17.1 Å². The minimum Gasteiger partial charge on any atom is -0.458 e. The Balaban J connectivity index is 1.41. The lowest BCUT2D eigenvalue weighted by Gasteiger charge is -2.36. The molecule has 8 nitrogen and oxygen atoms in total. The third kappa shape index (κ3) is 7.81. The predicted molar refractivity (Wildman–Crippen MR) is 177 cm³/mol. The van der Waals surface area contributed by atoms with Gasteiger partial charge in [-0.05, 0) is 73.1 Å². The van der Waals surface area contributed by atoms with Gasteiger partial charge < -0.3 is 19.1 Å². The molecule has 1 saturated carbocycles. The second-order valence-electron chi connectivity index (χ2n) is 12.1. The van der Waals surface area contributed by atoms with Crippen LogP contribution in [0.15, 0.2) is 102 Å². The zero-order chi connectivity index (χ0) is 31.8. The summed E-state index contributed by atoms with van der Waals surface area (Å²) in [6, 6.07) is 27.1. The van der Waals surface area contributed by atoms with Crippen molar-refractivity contribution in [2.24, 2.45) is 22.7 Å². The van der Waals surface area contributed by atoms with Crippen molar-refractivity contribution in [2.45, 2.75) is 46.1 Å². The Labute approximate surface area is 266 Å². The van der Waals surface area contributed by atoms with Gasteiger partial charge in [-0.25, -0.2) is 4.79 Å². The van der Waals surface area contributed by atoms with Crippen LogP contribution in [0.2, 0.25) is 0 Å². The number of esters is 1. The van der Waals surface area contributed by atoms with Crippen molar-refractivity contribution in [3.05, 3.63) is 102 Å². The summed E-state index contributed by atoms with van der Waals surface area (Å²) in [7, 11) is 1.58. The third-order valence-corrected chi connectivity index (χ3v) is 8.56. The van der Waals surface area contributed by atoms with Gasteiger partial charge in [-0.3, -0.25) is 9.69 Å². The molecule has 2 aliphatic rings. The number of rotatable bonds is 11. The van der Waals surface area contributed by atoms with Gasteiger partial charge in [-0.2, -0.15) is 4.99 Å². The minimum absolute atomic E-state index is 0.0980. The monoisotopic (exact) mass is 609 g/mol. The molecular formula is C37H43N3O5. The highest BCUT2D eigenvalue weighted by molar-refractivity contribution is 6.10. The summed E-state index contributed by atoms with van der Waals surface area (Å²) in [6.45, 7) is 7.52. The Morgan fingerprint density at radius 2 is 1.64 bits per heavy atom. The Bertz CT molecular complexity index is 1470. The average molecular weight is 610 g/mol. The maximum atomic E-state index is 13.6. The van der Waals surface area contributed by atoms with Crippen LogP contribution >= 0.6 is 0 Å². The molecular weight excluding hydrogens is 566 g/mol. The molecule has 3 atom stereocenters. The molecule has 1 aliphatic carbocycles. The van der Waals surface area contributed by atoms with E-state index in [1.807, 2.05) is 60.7 Å². The Hall–Kier alpha value is -4.43. The Kier molecular flexibility index (Phi) is 10.7. The van der Waals surface area contributed by atoms with Crippen LogP contribution < -0.4 is 4.90 Å². The summed E-state index contributed by atoms with van der Waals surface area (Å²) >= 11 is 0. The summed E-state index contributed by atoms with van der Waals surface area (Å²) in [5.41, 5.74) is 2.69. The van der Waals surface area contributed by atoms with Crippen LogP contribution in [0.5, 0.6) is 0 Å². The van der Waals surface area contributed by atoms with Gasteiger partial charge in [0.2, 0.25) is 0 Å². The fourth-order valence-electron chi connectivity index (χ4n) is 6.06. The highest BCUT2D eigenvalue weighted by atomic mass is 16.5. The number of para-hydroxylation sites is 3. The average Bonchev–Trinajstić information content (AvgIpc) is 3.34. The van der Waals surface area contributed by atoms with Gasteiger partial charge in [0.05, 0.1) is 24.4 Å². The number of nitrogens with zero attached hydrogens (tertiary/aromatic N) is 3. The van der Waals surface area contributed by atoms with E-state index in [4.69, 9.17) is 19.2 Å². The van der Waals surface area contributed by atoms with E-state index < -0.39 is 5.97 Å². The number of aliphatic imine (C=N–C) groups is 1. The van der Waals surface area contributed by atoms with Crippen molar-refractivity contribution in [3.8, 4) is 0 Å². The van der Waals surface area contributed by atoms with Crippen molar-refractivity contribution in [2.75, 3.05) is 31.7 Å². The zero-order valence-electron chi connectivity index (χ0n) is 26.6. The van der Waals surface area contributed by atoms with Gasteiger partial charge in [0.1, 0.15) is 6.10 Å². The third-order valence-electron chi connectivity index (χ3n) is 8.56. The molecule has 45 heavy (non-hydrogen) atoms. The molecule has 1 aliphatic heterocycles. The van der Waals surface area contributed by atoms with Gasteiger partial charge in [0.15, 0.2) is 5.76 Å². The number of carbonyl (C=O) groups excluding carboxylic acids is 2. The second kappa shape index (κ2) is 15.0. The van der Waals surface area contributed by atoms with E-state index in [0.29, 0.717) is 42.2 Å². The number of hydrogen-bond donors (Lipinski definition) is 0. The fraction of sp³-hybridized carbons (Fsp3) is 0.378. The van der Waals surface area contributed by atoms with Crippen LogP contribution in [0.25, 0.3) is 0 Å². The summed E-state index contributed by atoms with van der Waals surface area (Å²) in [6.07, 6.45) is 4.67. The van der Waals surface area contributed by atoms with E-state index in [-0.39, 0.29) is 30.3 Å². The first kappa shape index (κ1) is 32.0. The normalized spacial score (nSPS) is 21.8. The minimum atomic E-state index is -0.412. The van der Waals surface area contributed by atoms with Crippen molar-refractivity contribution >= 4 is 35.0 Å². The number of amides is 1. The molecule has 3 aromatic carbocycles. The number of methoxy groups -OCH3 is 1. The van der Waals surface area contributed by atoms with Gasteiger partial charge in [-0.15, -0.1) is 0 Å². The zero-order valence-corrected chi connectivity index (χ0v) is 26.6. The summed E-state index contributed by atoms with van der Waals surface area (Å²) < 4.78 is 17.5. The van der Waals surface area contributed by atoms with Crippen molar-refractivity contribution in [1.82, 2.24) is 4.90 Å². The smallest absolute Gasteiger partial charge is 0.340 e. The fourth-order valence-corrected chi connectivity index (χ4v) is 6.06. The lowest BCUT2D eigenvalue weighted by molar-refractivity contribution is -0.123. The van der Waals surface area contributed by atoms with Gasteiger partial charge in [0.25, 0.3) is 5.91 Å². The predicted octanol–water partition coefficient (Wildman–Crippen LogP) is 7.52. The molecule has 5 rings (SSSR count).